The van der Waals surface area contributed by atoms with Crippen molar-refractivity contribution in [3.8, 4) is 0 Å². The third-order valence-corrected chi connectivity index (χ3v) is 2.67. The molecular formula is C12H12ClN3O. The average molecular weight is 250 g/mol. The Morgan fingerprint density at radius 2 is 2.24 bits per heavy atom. The summed E-state index contributed by atoms with van der Waals surface area (Å²) in [5.74, 6) is 0.0676. The fourth-order valence-electron chi connectivity index (χ4n) is 1.54. The summed E-state index contributed by atoms with van der Waals surface area (Å²) < 4.78 is 1.73. The number of hydrogen-bond donors (Lipinski definition) is 0. The van der Waals surface area contributed by atoms with E-state index in [1.165, 1.54) is 6.20 Å². The van der Waals surface area contributed by atoms with Crippen molar-refractivity contribution in [2.24, 2.45) is 7.05 Å². The molecule has 2 aromatic rings. The van der Waals surface area contributed by atoms with Gasteiger partial charge in [-0.15, -0.1) is 0 Å². The second-order valence-corrected chi connectivity index (χ2v) is 4.20. The SMILES string of the molecule is Cn1cc(CCC(=O)c2ccc(Cl)nc2)cn1. The second-order valence-electron chi connectivity index (χ2n) is 3.82. The lowest BCUT2D eigenvalue weighted by Gasteiger charge is -1.99. The number of aromatic nitrogens is 3. The maximum atomic E-state index is 11.8. The normalized spacial score (nSPS) is 10.5. The van der Waals surface area contributed by atoms with Crippen LogP contribution in [0.3, 0.4) is 0 Å². The van der Waals surface area contributed by atoms with Gasteiger partial charge in [0.1, 0.15) is 5.15 Å². The van der Waals surface area contributed by atoms with Gasteiger partial charge in [-0.05, 0) is 24.1 Å². The molecule has 0 aliphatic rings. The predicted octanol–water partition coefficient (Wildman–Crippen LogP) is 2.28. The zero-order chi connectivity index (χ0) is 12.3. The molecule has 0 N–H and O–H groups in total. The number of hydrogen-bond acceptors (Lipinski definition) is 3. The molecule has 0 aliphatic heterocycles. The van der Waals surface area contributed by atoms with Crippen molar-refractivity contribution < 1.29 is 4.79 Å². The Morgan fingerprint density at radius 3 is 2.82 bits per heavy atom. The molecule has 88 valence electrons. The number of nitrogens with zero attached hydrogens (tertiary/aromatic N) is 3. The molecule has 0 spiro atoms. The van der Waals surface area contributed by atoms with Crippen LogP contribution in [-0.4, -0.2) is 20.5 Å². The van der Waals surface area contributed by atoms with E-state index in [1.807, 2.05) is 13.2 Å². The molecule has 0 saturated carbocycles. The number of rotatable bonds is 4. The third kappa shape index (κ3) is 3.14. The Labute approximate surface area is 104 Å². The highest BCUT2D eigenvalue weighted by Crippen LogP contribution is 2.09. The fourth-order valence-corrected chi connectivity index (χ4v) is 1.66. The average Bonchev–Trinajstić information content (AvgIpc) is 2.73. The highest BCUT2D eigenvalue weighted by atomic mass is 35.5. The maximum absolute atomic E-state index is 11.8. The van der Waals surface area contributed by atoms with Gasteiger partial charge in [-0.2, -0.15) is 5.10 Å². The van der Waals surface area contributed by atoms with Crippen molar-refractivity contribution in [2.75, 3.05) is 0 Å². The van der Waals surface area contributed by atoms with Crippen molar-refractivity contribution in [3.63, 3.8) is 0 Å². The van der Waals surface area contributed by atoms with E-state index >= 15 is 0 Å². The van der Waals surface area contributed by atoms with Gasteiger partial charge in [0.15, 0.2) is 5.78 Å². The summed E-state index contributed by atoms with van der Waals surface area (Å²) in [6, 6.07) is 3.32. The summed E-state index contributed by atoms with van der Waals surface area (Å²) in [7, 11) is 1.86. The standard InChI is InChI=1S/C12H12ClN3O/c1-16-8-9(6-15-16)2-4-11(17)10-3-5-12(13)14-7-10/h3,5-8H,2,4H2,1H3. The molecule has 0 atom stereocenters. The van der Waals surface area contributed by atoms with E-state index < -0.39 is 0 Å². The monoisotopic (exact) mass is 249 g/mol. The number of Topliss-reactive ketones (excluding diaryl/α,β-unsaturated/α-hetero) is 1. The second kappa shape index (κ2) is 5.10. The van der Waals surface area contributed by atoms with Crippen LogP contribution in [0.25, 0.3) is 0 Å². The highest BCUT2D eigenvalue weighted by Gasteiger charge is 2.07. The third-order valence-electron chi connectivity index (χ3n) is 2.45. The molecule has 0 bridgehead atoms. The van der Waals surface area contributed by atoms with Crippen LogP contribution in [0.5, 0.6) is 0 Å². The summed E-state index contributed by atoms with van der Waals surface area (Å²) in [6.07, 6.45) is 6.33. The predicted molar refractivity (Wildman–Crippen MR) is 65.1 cm³/mol. The molecule has 17 heavy (non-hydrogen) atoms. The summed E-state index contributed by atoms with van der Waals surface area (Å²) >= 11 is 5.66. The Hall–Kier alpha value is -1.68. The lowest BCUT2D eigenvalue weighted by Crippen LogP contribution is -2.01. The topological polar surface area (TPSA) is 47.8 Å². The first kappa shape index (κ1) is 11.8. The molecule has 2 heterocycles. The Kier molecular flexibility index (Phi) is 3.54. The van der Waals surface area contributed by atoms with Crippen molar-refractivity contribution >= 4 is 17.4 Å². The summed E-state index contributed by atoms with van der Waals surface area (Å²) in [5.41, 5.74) is 1.65. The molecule has 0 saturated heterocycles. The van der Waals surface area contributed by atoms with Crippen LogP contribution in [-0.2, 0) is 13.5 Å². The summed E-state index contributed by atoms with van der Waals surface area (Å²) in [4.78, 5) is 15.7. The van der Waals surface area contributed by atoms with Gasteiger partial charge in [0, 0.05) is 31.4 Å². The Balaban J connectivity index is 1.95. The van der Waals surface area contributed by atoms with E-state index in [0.717, 1.165) is 5.56 Å². The molecule has 0 amide bonds. The van der Waals surface area contributed by atoms with Crippen LogP contribution in [0, 0.1) is 0 Å². The largest absolute Gasteiger partial charge is 0.294 e. The minimum atomic E-state index is 0.0676. The first-order chi connectivity index (χ1) is 8.15. The van der Waals surface area contributed by atoms with Gasteiger partial charge in [-0.3, -0.25) is 9.48 Å². The fraction of sp³-hybridized carbons (Fsp3) is 0.250. The zero-order valence-electron chi connectivity index (χ0n) is 9.43. The van der Waals surface area contributed by atoms with E-state index in [1.54, 1.807) is 23.0 Å². The number of pyridine rings is 1. The van der Waals surface area contributed by atoms with Gasteiger partial charge in [-0.25, -0.2) is 4.98 Å². The van der Waals surface area contributed by atoms with Crippen LogP contribution in [0.2, 0.25) is 5.15 Å². The van der Waals surface area contributed by atoms with E-state index in [9.17, 15) is 4.79 Å². The summed E-state index contributed by atoms with van der Waals surface area (Å²) in [6.45, 7) is 0. The van der Waals surface area contributed by atoms with Crippen molar-refractivity contribution in [1.82, 2.24) is 14.8 Å². The van der Waals surface area contributed by atoms with Gasteiger partial charge in [0.2, 0.25) is 0 Å². The lowest BCUT2D eigenvalue weighted by atomic mass is 10.1. The molecule has 0 aliphatic carbocycles. The van der Waals surface area contributed by atoms with Crippen LogP contribution in [0.15, 0.2) is 30.7 Å². The first-order valence-corrected chi connectivity index (χ1v) is 5.65. The number of ketones is 1. The Morgan fingerprint density at radius 1 is 1.41 bits per heavy atom. The quantitative estimate of drug-likeness (QED) is 0.617. The van der Waals surface area contributed by atoms with Crippen LogP contribution >= 0.6 is 11.6 Å². The molecule has 0 aromatic carbocycles. The highest BCUT2D eigenvalue weighted by molar-refractivity contribution is 6.29. The molecule has 2 aromatic heterocycles. The van der Waals surface area contributed by atoms with Gasteiger partial charge < -0.3 is 0 Å². The molecule has 5 heteroatoms. The number of aryl methyl sites for hydroxylation is 2. The van der Waals surface area contributed by atoms with Crippen molar-refractivity contribution in [3.05, 3.63) is 47.0 Å². The van der Waals surface area contributed by atoms with Crippen LogP contribution < -0.4 is 0 Å². The lowest BCUT2D eigenvalue weighted by molar-refractivity contribution is 0.0982. The molecule has 0 radical (unpaired) electrons. The number of carbonyl (C=O) groups excluding carboxylic acids is 1. The van der Waals surface area contributed by atoms with E-state index in [2.05, 4.69) is 10.1 Å². The number of halogens is 1. The van der Waals surface area contributed by atoms with Crippen molar-refractivity contribution in [1.29, 1.82) is 0 Å². The molecular weight excluding hydrogens is 238 g/mol. The van der Waals surface area contributed by atoms with Gasteiger partial charge in [0.25, 0.3) is 0 Å². The summed E-state index contributed by atoms with van der Waals surface area (Å²) in [5, 5.41) is 4.45. The minimum absolute atomic E-state index is 0.0676. The zero-order valence-corrected chi connectivity index (χ0v) is 10.2. The van der Waals surface area contributed by atoms with E-state index in [4.69, 9.17) is 11.6 Å². The first-order valence-electron chi connectivity index (χ1n) is 5.27. The van der Waals surface area contributed by atoms with Gasteiger partial charge >= 0.3 is 0 Å². The smallest absolute Gasteiger partial charge is 0.164 e. The van der Waals surface area contributed by atoms with Gasteiger partial charge in [0.05, 0.1) is 6.20 Å². The van der Waals surface area contributed by atoms with Crippen molar-refractivity contribution in [2.45, 2.75) is 12.8 Å². The van der Waals surface area contributed by atoms with E-state index in [-0.39, 0.29) is 5.78 Å². The Bertz CT molecular complexity index is 519. The minimum Gasteiger partial charge on any atom is -0.294 e. The maximum Gasteiger partial charge on any atom is 0.164 e. The van der Waals surface area contributed by atoms with E-state index in [0.29, 0.717) is 23.6 Å². The number of carbonyl (C=O) groups is 1. The molecule has 0 unspecified atom stereocenters. The molecule has 2 rings (SSSR count). The molecule has 0 fully saturated rings. The molecule has 4 nitrogen and oxygen atoms in total. The van der Waals surface area contributed by atoms with Crippen LogP contribution in [0.4, 0.5) is 0 Å². The van der Waals surface area contributed by atoms with Crippen LogP contribution in [0.1, 0.15) is 22.3 Å². The van der Waals surface area contributed by atoms with Gasteiger partial charge in [-0.1, -0.05) is 11.6 Å².